The Hall–Kier alpha value is -2.17. The maximum atomic E-state index is 11.7. The van der Waals surface area contributed by atoms with Gasteiger partial charge in [-0.15, -0.1) is 0 Å². The number of carbonyl (C=O) groups is 2. The largest absolute Gasteiger partial charge is 0.456 e. The van der Waals surface area contributed by atoms with Crippen LogP contribution >= 0.6 is 0 Å². The molecule has 0 bridgehead atoms. The van der Waals surface area contributed by atoms with E-state index in [2.05, 4.69) is 10.5 Å². The van der Waals surface area contributed by atoms with E-state index in [9.17, 15) is 9.59 Å². The summed E-state index contributed by atoms with van der Waals surface area (Å²) in [6, 6.07) is 7.74. The van der Waals surface area contributed by atoms with Gasteiger partial charge in [0.1, 0.15) is 12.3 Å². The standard InChI is InChI=1S/C13H14N2O3/c1-9-3-2-4-10(7-9)8-18-13(17)11-5-6-12(16)15-14-11/h2-4,7H,5-6,8H2,1H3,(H,15,16). The highest BCUT2D eigenvalue weighted by Crippen LogP contribution is 2.07. The van der Waals surface area contributed by atoms with Crippen LogP contribution in [0.1, 0.15) is 24.0 Å². The zero-order valence-electron chi connectivity index (χ0n) is 10.1. The molecule has 0 unspecified atom stereocenters. The summed E-state index contributed by atoms with van der Waals surface area (Å²) in [6.07, 6.45) is 0.608. The number of hydrogen-bond donors (Lipinski definition) is 1. The van der Waals surface area contributed by atoms with Gasteiger partial charge in [0.2, 0.25) is 5.91 Å². The Morgan fingerprint density at radius 2 is 2.28 bits per heavy atom. The molecule has 0 aromatic heterocycles. The third kappa shape index (κ3) is 3.16. The summed E-state index contributed by atoms with van der Waals surface area (Å²) in [6.45, 7) is 2.19. The highest BCUT2D eigenvalue weighted by atomic mass is 16.5. The Labute approximate surface area is 105 Å². The molecule has 0 atom stereocenters. The van der Waals surface area contributed by atoms with Crippen LogP contribution in [-0.2, 0) is 20.9 Å². The first-order chi connectivity index (χ1) is 8.65. The number of carbonyl (C=O) groups excluding carboxylic acids is 2. The molecule has 5 nitrogen and oxygen atoms in total. The second-order valence-electron chi connectivity index (χ2n) is 4.16. The monoisotopic (exact) mass is 246 g/mol. The number of esters is 1. The van der Waals surface area contributed by atoms with Gasteiger partial charge in [0.05, 0.1) is 0 Å². The summed E-state index contributed by atoms with van der Waals surface area (Å²) in [5.41, 5.74) is 4.59. The summed E-state index contributed by atoms with van der Waals surface area (Å²) in [4.78, 5) is 22.5. The van der Waals surface area contributed by atoms with Gasteiger partial charge in [-0.2, -0.15) is 5.10 Å². The molecule has 0 saturated heterocycles. The number of rotatable bonds is 3. The lowest BCUT2D eigenvalue weighted by molar-refractivity contribution is -0.137. The van der Waals surface area contributed by atoms with E-state index in [0.29, 0.717) is 6.42 Å². The molecule has 0 aliphatic carbocycles. The molecule has 18 heavy (non-hydrogen) atoms. The zero-order chi connectivity index (χ0) is 13.0. The maximum Gasteiger partial charge on any atom is 0.354 e. The Morgan fingerprint density at radius 1 is 1.44 bits per heavy atom. The maximum absolute atomic E-state index is 11.7. The van der Waals surface area contributed by atoms with Gasteiger partial charge >= 0.3 is 5.97 Å². The number of nitrogens with zero attached hydrogens (tertiary/aromatic N) is 1. The molecule has 1 aliphatic heterocycles. The topological polar surface area (TPSA) is 67.8 Å². The molecular weight excluding hydrogens is 232 g/mol. The number of hydrogen-bond acceptors (Lipinski definition) is 4. The third-order valence-electron chi connectivity index (χ3n) is 2.59. The number of hydrazone groups is 1. The first-order valence-electron chi connectivity index (χ1n) is 5.73. The van der Waals surface area contributed by atoms with E-state index in [4.69, 9.17) is 4.74 Å². The molecule has 1 N–H and O–H groups in total. The van der Waals surface area contributed by atoms with Crippen LogP contribution in [0.25, 0.3) is 0 Å². The van der Waals surface area contributed by atoms with Gasteiger partial charge in [-0.05, 0) is 12.5 Å². The fraction of sp³-hybridized carbons (Fsp3) is 0.308. The van der Waals surface area contributed by atoms with Crippen molar-refractivity contribution in [2.45, 2.75) is 26.4 Å². The van der Waals surface area contributed by atoms with Gasteiger partial charge in [-0.25, -0.2) is 10.2 Å². The number of amides is 1. The molecule has 0 radical (unpaired) electrons. The van der Waals surface area contributed by atoms with Crippen molar-refractivity contribution in [1.82, 2.24) is 5.43 Å². The highest BCUT2D eigenvalue weighted by Gasteiger charge is 2.19. The van der Waals surface area contributed by atoms with E-state index < -0.39 is 5.97 Å². The van der Waals surface area contributed by atoms with Gasteiger partial charge in [-0.1, -0.05) is 29.8 Å². The van der Waals surface area contributed by atoms with Crippen molar-refractivity contribution in [2.24, 2.45) is 5.10 Å². The van der Waals surface area contributed by atoms with E-state index in [-0.39, 0.29) is 24.6 Å². The minimum absolute atomic E-state index is 0.176. The van der Waals surface area contributed by atoms with Crippen LogP contribution in [0.4, 0.5) is 0 Å². The predicted octanol–water partition coefficient (Wildman–Crippen LogP) is 1.30. The van der Waals surface area contributed by atoms with Gasteiger partial charge in [0, 0.05) is 12.8 Å². The quantitative estimate of drug-likeness (QED) is 0.817. The molecule has 0 saturated carbocycles. The van der Waals surface area contributed by atoms with Gasteiger partial charge in [-0.3, -0.25) is 4.79 Å². The Bertz CT molecular complexity index is 509. The molecule has 2 rings (SSSR count). The van der Waals surface area contributed by atoms with Crippen LogP contribution in [0, 0.1) is 6.92 Å². The molecule has 1 aromatic rings. The average molecular weight is 246 g/mol. The second-order valence-corrected chi connectivity index (χ2v) is 4.16. The molecule has 5 heteroatoms. The fourth-order valence-electron chi connectivity index (χ4n) is 1.66. The van der Waals surface area contributed by atoms with E-state index in [0.717, 1.165) is 11.1 Å². The molecule has 1 aromatic carbocycles. The van der Waals surface area contributed by atoms with Gasteiger partial charge < -0.3 is 4.74 Å². The minimum atomic E-state index is -0.475. The van der Waals surface area contributed by atoms with E-state index in [1.54, 1.807) is 0 Å². The lowest BCUT2D eigenvalue weighted by atomic mass is 10.1. The van der Waals surface area contributed by atoms with Crippen LogP contribution in [0.3, 0.4) is 0 Å². The van der Waals surface area contributed by atoms with E-state index >= 15 is 0 Å². The van der Waals surface area contributed by atoms with Crippen molar-refractivity contribution in [1.29, 1.82) is 0 Å². The van der Waals surface area contributed by atoms with Crippen LogP contribution in [0.5, 0.6) is 0 Å². The average Bonchev–Trinajstić information content (AvgIpc) is 2.37. The number of aryl methyl sites for hydroxylation is 1. The van der Waals surface area contributed by atoms with Gasteiger partial charge in [0.15, 0.2) is 0 Å². The molecule has 1 heterocycles. The summed E-state index contributed by atoms with van der Waals surface area (Å²) in [5.74, 6) is -0.651. The molecule has 0 fully saturated rings. The van der Waals surface area contributed by atoms with E-state index in [1.165, 1.54) is 0 Å². The Morgan fingerprint density at radius 3 is 2.94 bits per heavy atom. The van der Waals surface area contributed by atoms with Crippen molar-refractivity contribution in [2.75, 3.05) is 0 Å². The summed E-state index contributed by atoms with van der Waals surface area (Å²) >= 11 is 0. The van der Waals surface area contributed by atoms with Crippen LogP contribution in [0.2, 0.25) is 0 Å². The summed E-state index contributed by atoms with van der Waals surface area (Å²) in [5, 5.41) is 3.68. The Kier molecular flexibility index (Phi) is 3.72. The van der Waals surface area contributed by atoms with Gasteiger partial charge in [0.25, 0.3) is 0 Å². The first-order valence-corrected chi connectivity index (χ1v) is 5.73. The lowest BCUT2D eigenvalue weighted by Gasteiger charge is -2.11. The number of ether oxygens (including phenoxy) is 1. The number of nitrogens with one attached hydrogen (secondary N) is 1. The van der Waals surface area contributed by atoms with Crippen molar-refractivity contribution in [3.8, 4) is 0 Å². The third-order valence-corrected chi connectivity index (χ3v) is 2.59. The first kappa shape index (κ1) is 12.3. The molecule has 0 spiro atoms. The van der Waals surface area contributed by atoms with Crippen molar-refractivity contribution < 1.29 is 14.3 Å². The van der Waals surface area contributed by atoms with Crippen LogP contribution < -0.4 is 5.43 Å². The molecular formula is C13H14N2O3. The summed E-state index contributed by atoms with van der Waals surface area (Å²) in [7, 11) is 0. The minimum Gasteiger partial charge on any atom is -0.456 e. The predicted molar refractivity (Wildman–Crippen MR) is 65.8 cm³/mol. The zero-order valence-corrected chi connectivity index (χ0v) is 10.1. The van der Waals surface area contributed by atoms with Crippen molar-refractivity contribution >= 4 is 17.6 Å². The SMILES string of the molecule is Cc1cccc(COC(=O)C2=NNC(=O)CC2)c1. The van der Waals surface area contributed by atoms with Crippen molar-refractivity contribution in [3.05, 3.63) is 35.4 Å². The van der Waals surface area contributed by atoms with E-state index in [1.807, 2.05) is 31.2 Å². The molecule has 1 amide bonds. The number of benzene rings is 1. The normalized spacial score (nSPS) is 14.7. The van der Waals surface area contributed by atoms with Crippen molar-refractivity contribution in [3.63, 3.8) is 0 Å². The Balaban J connectivity index is 1.91. The smallest absolute Gasteiger partial charge is 0.354 e. The fourth-order valence-corrected chi connectivity index (χ4v) is 1.66. The van der Waals surface area contributed by atoms with Crippen LogP contribution in [0.15, 0.2) is 29.4 Å². The van der Waals surface area contributed by atoms with Crippen LogP contribution in [-0.4, -0.2) is 17.6 Å². The molecule has 94 valence electrons. The molecule has 1 aliphatic rings. The highest BCUT2D eigenvalue weighted by molar-refractivity contribution is 6.37. The summed E-state index contributed by atoms with van der Waals surface area (Å²) < 4.78 is 5.14. The second kappa shape index (κ2) is 5.44. The lowest BCUT2D eigenvalue weighted by Crippen LogP contribution is -2.30.